The number of anilines is 1. The second kappa shape index (κ2) is 9.60. The Labute approximate surface area is 227 Å². The molecule has 3 aliphatic rings. The summed E-state index contributed by atoms with van der Waals surface area (Å²) in [6.07, 6.45) is 2.32. The number of allylic oxidation sites excluding steroid dienone is 2. The van der Waals surface area contributed by atoms with Crippen LogP contribution in [0, 0.1) is 28.9 Å². The molecule has 6 rings (SSSR count). The van der Waals surface area contributed by atoms with Crippen molar-refractivity contribution in [3.63, 3.8) is 0 Å². The zero-order valence-electron chi connectivity index (χ0n) is 21.6. The maximum Gasteiger partial charge on any atom is 0.394 e. The zero-order valence-corrected chi connectivity index (χ0v) is 21.6. The highest BCUT2D eigenvalue weighted by atomic mass is 19.4. The Morgan fingerprint density at radius 3 is 2.60 bits per heavy atom. The molecule has 0 bridgehead atoms. The van der Waals surface area contributed by atoms with Gasteiger partial charge in [-0.15, -0.1) is 0 Å². The number of fused-ring (bicyclic) bond motifs is 4. The average Bonchev–Trinajstić information content (AvgIpc) is 3.29. The largest absolute Gasteiger partial charge is 0.394 e. The van der Waals surface area contributed by atoms with E-state index < -0.39 is 41.3 Å². The van der Waals surface area contributed by atoms with Crippen LogP contribution in [0.3, 0.4) is 0 Å². The second-order valence-corrected chi connectivity index (χ2v) is 10.9. The van der Waals surface area contributed by atoms with Crippen LogP contribution in [0.5, 0.6) is 0 Å². The topological polar surface area (TPSA) is 59.0 Å². The van der Waals surface area contributed by atoms with Gasteiger partial charge in [0, 0.05) is 23.1 Å². The molecule has 1 heterocycles. The maximum absolute atomic E-state index is 14.2. The van der Waals surface area contributed by atoms with Crippen molar-refractivity contribution in [2.45, 2.75) is 44.8 Å². The van der Waals surface area contributed by atoms with E-state index in [1.54, 1.807) is 29.1 Å². The number of carbonyl (C=O) groups is 1. The van der Waals surface area contributed by atoms with Gasteiger partial charge in [-0.05, 0) is 79.8 Å². The highest BCUT2D eigenvalue weighted by Gasteiger charge is 2.54. The van der Waals surface area contributed by atoms with Gasteiger partial charge in [0.15, 0.2) is 0 Å². The minimum Gasteiger partial charge on any atom is -0.334 e. The van der Waals surface area contributed by atoms with Crippen molar-refractivity contribution in [3.05, 3.63) is 94.8 Å². The number of nitrogens with one attached hydrogen (secondary N) is 2. The number of benzene rings is 2. The predicted molar refractivity (Wildman–Crippen MR) is 141 cm³/mol. The minimum atomic E-state index is -4.51. The Morgan fingerprint density at radius 2 is 1.88 bits per heavy atom. The van der Waals surface area contributed by atoms with Crippen LogP contribution in [0.2, 0.25) is 0 Å². The molecule has 2 N–H and O–H groups in total. The number of urea groups is 1. The fourth-order valence-electron chi connectivity index (χ4n) is 6.65. The number of amides is 2. The molecule has 3 aromatic rings. The summed E-state index contributed by atoms with van der Waals surface area (Å²) >= 11 is 0. The van der Waals surface area contributed by atoms with Crippen LogP contribution in [0.25, 0.3) is 11.8 Å². The molecule has 0 spiro atoms. The van der Waals surface area contributed by atoms with Crippen LogP contribution in [0.4, 0.5) is 32.4 Å². The molecule has 1 fully saturated rings. The van der Waals surface area contributed by atoms with E-state index in [2.05, 4.69) is 21.8 Å². The molecule has 2 amide bonds. The zero-order chi connectivity index (χ0) is 28.2. The van der Waals surface area contributed by atoms with Gasteiger partial charge in [0.2, 0.25) is 0 Å². The van der Waals surface area contributed by atoms with Crippen LogP contribution < -0.4 is 10.6 Å². The monoisotopic (exact) mass is 554 g/mol. The smallest absolute Gasteiger partial charge is 0.334 e. The molecule has 0 radical (unpaired) electrons. The van der Waals surface area contributed by atoms with Crippen molar-refractivity contribution < 1.29 is 26.7 Å². The fraction of sp³-hybridized carbons (Fsp3) is 0.333. The number of rotatable bonds is 3. The standard InChI is InChI=1S/C30H27F5N4O/c1-29-15-17-16-36-39(22-8-6-19(31)7-9-22)26(17)13-18(29)5-10-23-24(29)11-12-25(30(33,34)35)27(23)38-28(40)37-21-4-2-3-20(32)14-21/h2-4,6-9,11,13-14,16,23,25,27H,5,10,12,15H2,1H3,(H2,37,38,40)/t23-,25+,27+,29-/m0/s1. The summed E-state index contributed by atoms with van der Waals surface area (Å²) in [5.74, 6) is -3.17. The van der Waals surface area contributed by atoms with Gasteiger partial charge in [-0.1, -0.05) is 30.2 Å². The molecule has 1 saturated carbocycles. The second-order valence-electron chi connectivity index (χ2n) is 10.9. The summed E-state index contributed by atoms with van der Waals surface area (Å²) in [4.78, 5) is 12.8. The number of halogens is 5. The number of alkyl halides is 3. The molecule has 4 atom stereocenters. The van der Waals surface area contributed by atoms with E-state index >= 15 is 0 Å². The molecule has 208 valence electrons. The van der Waals surface area contributed by atoms with Gasteiger partial charge in [-0.3, -0.25) is 0 Å². The number of hydrogen-bond donors (Lipinski definition) is 2. The summed E-state index contributed by atoms with van der Waals surface area (Å²) in [6, 6.07) is 9.28. The Hall–Kier alpha value is -3.95. The van der Waals surface area contributed by atoms with Crippen molar-refractivity contribution in [2.24, 2.45) is 17.3 Å². The Balaban J connectivity index is 1.31. The van der Waals surface area contributed by atoms with Gasteiger partial charge < -0.3 is 10.6 Å². The molecule has 0 aliphatic heterocycles. The van der Waals surface area contributed by atoms with E-state index in [0.717, 1.165) is 34.2 Å². The molecule has 0 saturated heterocycles. The van der Waals surface area contributed by atoms with Crippen LogP contribution in [0.1, 0.15) is 37.4 Å². The third-order valence-corrected chi connectivity index (χ3v) is 8.54. The summed E-state index contributed by atoms with van der Waals surface area (Å²) in [5, 5.41) is 9.61. The highest BCUT2D eigenvalue weighted by Crippen LogP contribution is 2.57. The predicted octanol–water partition coefficient (Wildman–Crippen LogP) is 7.21. The molecule has 5 nitrogen and oxygen atoms in total. The first-order valence-electron chi connectivity index (χ1n) is 13.2. The summed E-state index contributed by atoms with van der Waals surface area (Å²) in [7, 11) is 0. The van der Waals surface area contributed by atoms with Gasteiger partial charge in [0.25, 0.3) is 0 Å². The third-order valence-electron chi connectivity index (χ3n) is 8.54. The normalized spacial score (nSPS) is 25.6. The fourth-order valence-corrected chi connectivity index (χ4v) is 6.65. The van der Waals surface area contributed by atoms with Gasteiger partial charge in [-0.2, -0.15) is 18.3 Å². The van der Waals surface area contributed by atoms with Gasteiger partial charge in [0.1, 0.15) is 11.6 Å². The molecule has 1 aromatic heterocycles. The first kappa shape index (κ1) is 26.3. The molecule has 10 heteroatoms. The molecular formula is C30H27F5N4O. The Morgan fingerprint density at radius 1 is 1.10 bits per heavy atom. The Kier molecular flexibility index (Phi) is 6.31. The van der Waals surface area contributed by atoms with Crippen molar-refractivity contribution in [2.75, 3.05) is 5.32 Å². The number of hydrogen-bond acceptors (Lipinski definition) is 2. The first-order chi connectivity index (χ1) is 19.0. The lowest BCUT2D eigenvalue weighted by Gasteiger charge is -2.51. The van der Waals surface area contributed by atoms with E-state index in [4.69, 9.17) is 0 Å². The lowest BCUT2D eigenvalue weighted by Crippen LogP contribution is -2.56. The quantitative estimate of drug-likeness (QED) is 0.266. The molecule has 0 unspecified atom stereocenters. The minimum absolute atomic E-state index is 0.159. The Bertz CT molecular complexity index is 1520. The van der Waals surface area contributed by atoms with Crippen molar-refractivity contribution in [1.82, 2.24) is 15.1 Å². The van der Waals surface area contributed by atoms with Gasteiger partial charge in [0.05, 0.1) is 23.5 Å². The van der Waals surface area contributed by atoms with Crippen molar-refractivity contribution in [3.8, 4) is 5.69 Å². The van der Waals surface area contributed by atoms with Crippen molar-refractivity contribution >= 4 is 17.8 Å². The summed E-state index contributed by atoms with van der Waals surface area (Å²) in [5.41, 5.74) is 4.17. The van der Waals surface area contributed by atoms with Gasteiger partial charge in [-0.25, -0.2) is 18.3 Å². The SMILES string of the molecule is C[C@]12Cc3cnn(-c4ccc(F)cc4)c3C=C1CC[C@H]1C2=CC[C@@H](C(F)(F)F)[C@@H]1NC(=O)Nc1cccc(F)c1. The number of nitrogens with zero attached hydrogens (tertiary/aromatic N) is 2. The van der Waals surface area contributed by atoms with E-state index in [9.17, 15) is 26.7 Å². The van der Waals surface area contributed by atoms with E-state index in [0.29, 0.717) is 19.3 Å². The van der Waals surface area contributed by atoms with Crippen molar-refractivity contribution in [1.29, 1.82) is 0 Å². The van der Waals surface area contributed by atoms with Crippen LogP contribution >= 0.6 is 0 Å². The summed E-state index contributed by atoms with van der Waals surface area (Å²) in [6.45, 7) is 2.05. The number of aromatic nitrogens is 2. The average molecular weight is 555 g/mol. The van der Waals surface area contributed by atoms with Crippen LogP contribution in [0.15, 0.2) is 72.0 Å². The molecule has 40 heavy (non-hydrogen) atoms. The maximum atomic E-state index is 14.2. The molecule has 3 aliphatic carbocycles. The molecular weight excluding hydrogens is 527 g/mol. The molecule has 2 aromatic carbocycles. The van der Waals surface area contributed by atoms with Gasteiger partial charge >= 0.3 is 12.2 Å². The van der Waals surface area contributed by atoms with Crippen LogP contribution in [-0.4, -0.2) is 28.0 Å². The first-order valence-corrected chi connectivity index (χ1v) is 13.2. The lowest BCUT2D eigenvalue weighted by molar-refractivity contribution is -0.186. The van der Waals surface area contributed by atoms with E-state index in [1.807, 2.05) is 6.92 Å². The summed E-state index contributed by atoms with van der Waals surface area (Å²) < 4.78 is 71.4. The van der Waals surface area contributed by atoms with E-state index in [1.165, 1.54) is 30.3 Å². The highest BCUT2D eigenvalue weighted by molar-refractivity contribution is 5.89. The van der Waals surface area contributed by atoms with E-state index in [-0.39, 0.29) is 17.9 Å². The van der Waals surface area contributed by atoms with Crippen LogP contribution in [-0.2, 0) is 6.42 Å². The number of carbonyl (C=O) groups excluding carboxylic acids is 1. The lowest BCUT2D eigenvalue weighted by atomic mass is 9.55. The third kappa shape index (κ3) is 4.59.